The summed E-state index contributed by atoms with van der Waals surface area (Å²) in [6.45, 7) is 1.75. The molecule has 0 bridgehead atoms. The van der Waals surface area contributed by atoms with E-state index in [-0.39, 0.29) is 17.9 Å². The standard InChI is InChI=1S/C14H12ClF3O3/c1-2-20-12(19)7-11-8-13(21-11,14(16,17)18)9-3-5-10(15)6-4-9/h3-7H,2,8H2,1H3/b11-7-. The number of alkyl halides is 3. The predicted octanol–water partition coefficient (Wildman–Crippen LogP) is 3.96. The number of carbonyl (C=O) groups is 1. The number of carbonyl (C=O) groups excluding carboxylic acids is 1. The van der Waals surface area contributed by atoms with Gasteiger partial charge in [-0.15, -0.1) is 0 Å². The van der Waals surface area contributed by atoms with E-state index in [9.17, 15) is 18.0 Å². The van der Waals surface area contributed by atoms with Crippen LogP contribution in [0.4, 0.5) is 13.2 Å². The fourth-order valence-corrected chi connectivity index (χ4v) is 2.18. The zero-order chi connectivity index (χ0) is 15.7. The molecule has 21 heavy (non-hydrogen) atoms. The number of hydrogen-bond donors (Lipinski definition) is 0. The molecule has 0 spiro atoms. The van der Waals surface area contributed by atoms with Crippen molar-refractivity contribution in [1.29, 1.82) is 0 Å². The Morgan fingerprint density at radius 1 is 1.43 bits per heavy atom. The van der Waals surface area contributed by atoms with Crippen LogP contribution in [0.3, 0.4) is 0 Å². The molecule has 1 aliphatic heterocycles. The lowest BCUT2D eigenvalue weighted by Crippen LogP contribution is -2.51. The Morgan fingerprint density at radius 2 is 2.00 bits per heavy atom. The topological polar surface area (TPSA) is 35.5 Å². The van der Waals surface area contributed by atoms with Gasteiger partial charge in [0.2, 0.25) is 5.60 Å². The number of ether oxygens (including phenoxy) is 2. The van der Waals surface area contributed by atoms with Crippen molar-refractivity contribution in [2.24, 2.45) is 0 Å². The molecular formula is C14H12ClF3O3. The molecule has 7 heteroatoms. The molecule has 1 saturated heterocycles. The average Bonchev–Trinajstić information content (AvgIpc) is 2.33. The van der Waals surface area contributed by atoms with Crippen LogP contribution in [0.2, 0.25) is 5.02 Å². The Bertz CT molecular complexity index is 556. The van der Waals surface area contributed by atoms with Gasteiger partial charge in [-0.1, -0.05) is 23.7 Å². The Balaban J connectivity index is 2.25. The van der Waals surface area contributed by atoms with Crippen LogP contribution in [0.25, 0.3) is 0 Å². The summed E-state index contributed by atoms with van der Waals surface area (Å²) in [6, 6.07) is 5.25. The van der Waals surface area contributed by atoms with Gasteiger partial charge in [-0.2, -0.15) is 13.2 Å². The van der Waals surface area contributed by atoms with Crippen molar-refractivity contribution in [2.75, 3.05) is 6.61 Å². The highest BCUT2D eigenvalue weighted by Crippen LogP contribution is 2.54. The second-order valence-electron chi connectivity index (χ2n) is 4.47. The number of esters is 1. The normalized spacial score (nSPS) is 23.4. The Labute approximate surface area is 124 Å². The molecule has 1 atom stereocenters. The summed E-state index contributed by atoms with van der Waals surface area (Å²) >= 11 is 5.67. The second kappa shape index (κ2) is 5.60. The van der Waals surface area contributed by atoms with Crippen LogP contribution in [0.15, 0.2) is 36.1 Å². The van der Waals surface area contributed by atoms with Gasteiger partial charge in [-0.25, -0.2) is 4.79 Å². The third-order valence-corrected chi connectivity index (χ3v) is 3.31. The van der Waals surface area contributed by atoms with Crippen LogP contribution < -0.4 is 0 Å². The van der Waals surface area contributed by atoms with Crippen LogP contribution in [0.1, 0.15) is 18.9 Å². The summed E-state index contributed by atoms with van der Waals surface area (Å²) in [6.07, 6.45) is -4.12. The van der Waals surface area contributed by atoms with Crippen LogP contribution >= 0.6 is 11.6 Å². The molecule has 0 saturated carbocycles. The highest BCUT2D eigenvalue weighted by atomic mass is 35.5. The summed E-state index contributed by atoms with van der Waals surface area (Å²) in [7, 11) is 0. The third-order valence-electron chi connectivity index (χ3n) is 3.06. The minimum absolute atomic E-state index is 0.0549. The van der Waals surface area contributed by atoms with E-state index >= 15 is 0 Å². The van der Waals surface area contributed by atoms with Crippen molar-refractivity contribution in [3.05, 3.63) is 46.7 Å². The van der Waals surface area contributed by atoms with Crippen molar-refractivity contribution in [1.82, 2.24) is 0 Å². The summed E-state index contributed by atoms with van der Waals surface area (Å²) in [5.41, 5.74) is -2.49. The first-order valence-corrected chi connectivity index (χ1v) is 6.55. The zero-order valence-electron chi connectivity index (χ0n) is 11.0. The van der Waals surface area contributed by atoms with Gasteiger partial charge in [-0.05, 0) is 19.1 Å². The van der Waals surface area contributed by atoms with Crippen molar-refractivity contribution in [2.45, 2.75) is 25.1 Å². The molecule has 1 aromatic rings. The zero-order valence-corrected chi connectivity index (χ0v) is 11.8. The SMILES string of the molecule is CCOC(=O)/C=C1/CC(c2ccc(Cl)cc2)(C(F)(F)F)O1. The fraction of sp³-hybridized carbons (Fsp3) is 0.357. The third kappa shape index (κ3) is 3.00. The lowest BCUT2D eigenvalue weighted by molar-refractivity contribution is -0.309. The summed E-state index contributed by atoms with van der Waals surface area (Å²) in [5, 5.41) is 0.331. The van der Waals surface area contributed by atoms with E-state index in [4.69, 9.17) is 16.3 Å². The molecule has 0 aliphatic carbocycles. The van der Waals surface area contributed by atoms with Crippen molar-refractivity contribution in [3.8, 4) is 0 Å². The lowest BCUT2D eigenvalue weighted by atomic mass is 9.84. The maximum absolute atomic E-state index is 13.3. The van der Waals surface area contributed by atoms with Crippen molar-refractivity contribution < 1.29 is 27.4 Å². The van der Waals surface area contributed by atoms with E-state index in [0.717, 1.165) is 6.08 Å². The fourth-order valence-electron chi connectivity index (χ4n) is 2.06. The van der Waals surface area contributed by atoms with Crippen molar-refractivity contribution in [3.63, 3.8) is 0 Å². The largest absolute Gasteiger partial charge is 0.476 e. The smallest absolute Gasteiger partial charge is 0.433 e. The number of benzene rings is 1. The molecule has 1 aliphatic rings. The van der Waals surface area contributed by atoms with Gasteiger partial charge in [0.25, 0.3) is 0 Å². The number of halogens is 4. The second-order valence-corrected chi connectivity index (χ2v) is 4.91. The molecule has 114 valence electrons. The first-order chi connectivity index (χ1) is 9.78. The maximum atomic E-state index is 13.3. The molecule has 0 N–H and O–H groups in total. The Morgan fingerprint density at radius 3 is 2.48 bits per heavy atom. The molecule has 1 fully saturated rings. The average molecular weight is 321 g/mol. The van der Waals surface area contributed by atoms with Gasteiger partial charge >= 0.3 is 12.1 Å². The van der Waals surface area contributed by atoms with Crippen LogP contribution in [0.5, 0.6) is 0 Å². The van der Waals surface area contributed by atoms with Gasteiger partial charge in [0.05, 0.1) is 19.1 Å². The number of rotatable bonds is 3. The van der Waals surface area contributed by atoms with E-state index in [1.54, 1.807) is 6.92 Å². The minimum Gasteiger partial charge on any atom is -0.476 e. The number of hydrogen-bond acceptors (Lipinski definition) is 3. The van der Waals surface area contributed by atoms with Gasteiger partial charge in [-0.3, -0.25) is 0 Å². The van der Waals surface area contributed by atoms with E-state index in [1.807, 2.05) is 0 Å². The minimum atomic E-state index is -4.60. The van der Waals surface area contributed by atoms with Gasteiger partial charge in [0.1, 0.15) is 5.76 Å². The van der Waals surface area contributed by atoms with Crippen LogP contribution in [0, 0.1) is 0 Å². The first-order valence-electron chi connectivity index (χ1n) is 6.17. The van der Waals surface area contributed by atoms with Gasteiger partial charge in [0, 0.05) is 10.6 Å². The molecule has 1 aromatic carbocycles. The molecular weight excluding hydrogens is 309 g/mol. The highest BCUT2D eigenvalue weighted by molar-refractivity contribution is 6.30. The van der Waals surface area contributed by atoms with Crippen molar-refractivity contribution >= 4 is 17.6 Å². The molecule has 0 radical (unpaired) electrons. The Hall–Kier alpha value is -1.69. The van der Waals surface area contributed by atoms with Gasteiger partial charge in [0.15, 0.2) is 0 Å². The van der Waals surface area contributed by atoms with E-state index in [1.165, 1.54) is 24.3 Å². The van der Waals surface area contributed by atoms with Crippen LogP contribution in [-0.2, 0) is 19.9 Å². The van der Waals surface area contributed by atoms with E-state index in [2.05, 4.69) is 4.74 Å². The van der Waals surface area contributed by atoms with Gasteiger partial charge < -0.3 is 9.47 Å². The molecule has 0 aromatic heterocycles. The molecule has 1 heterocycles. The molecule has 3 nitrogen and oxygen atoms in total. The summed E-state index contributed by atoms with van der Waals surface area (Å²) < 4.78 is 49.5. The quantitative estimate of drug-likeness (QED) is 0.624. The monoisotopic (exact) mass is 320 g/mol. The summed E-state index contributed by atoms with van der Waals surface area (Å²) in [5.74, 6) is -0.778. The molecule has 0 amide bonds. The van der Waals surface area contributed by atoms with E-state index in [0.29, 0.717) is 5.02 Å². The first kappa shape index (κ1) is 15.7. The molecule has 2 rings (SSSR count). The lowest BCUT2D eigenvalue weighted by Gasteiger charge is -2.45. The maximum Gasteiger partial charge on any atom is 0.433 e. The highest BCUT2D eigenvalue weighted by Gasteiger charge is 2.64. The Kier molecular flexibility index (Phi) is 4.18. The predicted molar refractivity (Wildman–Crippen MR) is 69.6 cm³/mol. The van der Waals surface area contributed by atoms with Crippen LogP contribution in [-0.4, -0.2) is 18.8 Å². The molecule has 1 unspecified atom stereocenters. The van der Waals surface area contributed by atoms with E-state index < -0.39 is 24.2 Å². The summed E-state index contributed by atoms with van der Waals surface area (Å²) in [4.78, 5) is 11.2.